The second-order valence-electron chi connectivity index (χ2n) is 3.27. The van der Waals surface area contributed by atoms with E-state index in [2.05, 4.69) is 23.8 Å². The fraction of sp³-hybridized carbons (Fsp3) is 0.556. The molecule has 3 nitrogen and oxygen atoms in total. The van der Waals surface area contributed by atoms with Crippen LogP contribution in [0, 0.1) is 5.92 Å². The molecule has 0 aliphatic rings. The molecular weight excluding hydrogens is 150 g/mol. The smallest absolute Gasteiger partial charge is 0.142 e. The van der Waals surface area contributed by atoms with E-state index in [1.54, 1.807) is 6.20 Å². The highest BCUT2D eigenvalue weighted by atomic mass is 14.9. The Bertz CT molecular complexity index is 245. The van der Waals surface area contributed by atoms with Crippen LogP contribution in [-0.4, -0.2) is 9.97 Å². The molecule has 1 aromatic heterocycles. The molecule has 0 spiro atoms. The molecule has 0 saturated carbocycles. The first kappa shape index (κ1) is 9.13. The maximum atomic E-state index is 5.42. The lowest BCUT2D eigenvalue weighted by Crippen LogP contribution is -2.06. The van der Waals surface area contributed by atoms with E-state index in [4.69, 9.17) is 5.73 Å². The van der Waals surface area contributed by atoms with Crippen LogP contribution in [0.15, 0.2) is 12.3 Å². The Balaban J connectivity index is 2.72. The minimum atomic E-state index is 0.423. The van der Waals surface area contributed by atoms with Gasteiger partial charge in [-0.1, -0.05) is 13.8 Å². The summed E-state index contributed by atoms with van der Waals surface area (Å²) in [7, 11) is 0. The zero-order valence-electron chi connectivity index (χ0n) is 7.62. The van der Waals surface area contributed by atoms with E-state index < -0.39 is 0 Å². The summed E-state index contributed by atoms with van der Waals surface area (Å²) in [5.74, 6) is 1.36. The first-order chi connectivity index (χ1) is 5.72. The monoisotopic (exact) mass is 165 g/mol. The lowest BCUT2D eigenvalue weighted by molar-refractivity contribution is 0.630. The predicted octanol–water partition coefficient (Wildman–Crippen LogP) is 1.13. The third kappa shape index (κ3) is 2.58. The summed E-state index contributed by atoms with van der Waals surface area (Å²) in [5.41, 5.74) is 6.51. The van der Waals surface area contributed by atoms with Gasteiger partial charge in [0.15, 0.2) is 0 Å². The number of nitrogens with zero attached hydrogens (tertiary/aromatic N) is 2. The van der Waals surface area contributed by atoms with Crippen LogP contribution in [0.5, 0.6) is 0 Å². The maximum absolute atomic E-state index is 5.42. The van der Waals surface area contributed by atoms with Gasteiger partial charge in [0.2, 0.25) is 0 Å². The molecule has 2 N–H and O–H groups in total. The van der Waals surface area contributed by atoms with Crippen LogP contribution in [0.1, 0.15) is 25.4 Å². The Morgan fingerprint density at radius 1 is 1.50 bits per heavy atom. The van der Waals surface area contributed by atoms with E-state index in [-0.39, 0.29) is 0 Å². The summed E-state index contributed by atoms with van der Waals surface area (Å²) in [6, 6.07) is 1.94. The molecule has 0 unspecified atom stereocenters. The van der Waals surface area contributed by atoms with Crippen molar-refractivity contribution in [1.29, 1.82) is 0 Å². The average molecular weight is 165 g/mol. The van der Waals surface area contributed by atoms with E-state index in [1.165, 1.54) is 0 Å². The molecule has 0 aliphatic carbocycles. The van der Waals surface area contributed by atoms with Crippen LogP contribution < -0.4 is 5.73 Å². The van der Waals surface area contributed by atoms with Crippen LogP contribution in [-0.2, 0) is 13.0 Å². The molecule has 0 radical (unpaired) electrons. The minimum absolute atomic E-state index is 0.423. The van der Waals surface area contributed by atoms with Gasteiger partial charge in [0.05, 0.1) is 6.54 Å². The lowest BCUT2D eigenvalue weighted by Gasteiger charge is -2.04. The SMILES string of the molecule is CC(C)Cc1ccnc(CN)n1. The quantitative estimate of drug-likeness (QED) is 0.730. The molecule has 66 valence electrons. The van der Waals surface area contributed by atoms with Crippen molar-refractivity contribution in [1.82, 2.24) is 9.97 Å². The fourth-order valence-electron chi connectivity index (χ4n) is 1.07. The van der Waals surface area contributed by atoms with Gasteiger partial charge in [0.25, 0.3) is 0 Å². The van der Waals surface area contributed by atoms with Gasteiger partial charge in [-0.05, 0) is 18.4 Å². The molecule has 0 amide bonds. The molecule has 0 fully saturated rings. The second-order valence-corrected chi connectivity index (χ2v) is 3.27. The maximum Gasteiger partial charge on any atom is 0.142 e. The van der Waals surface area contributed by atoms with Crippen molar-refractivity contribution in [3.05, 3.63) is 23.8 Å². The predicted molar refractivity (Wildman–Crippen MR) is 48.5 cm³/mol. The third-order valence-corrected chi connectivity index (χ3v) is 1.56. The summed E-state index contributed by atoms with van der Waals surface area (Å²) in [6.45, 7) is 4.76. The molecular formula is C9H15N3. The Morgan fingerprint density at radius 3 is 2.83 bits per heavy atom. The molecule has 0 aliphatic heterocycles. The second kappa shape index (κ2) is 4.16. The zero-order chi connectivity index (χ0) is 8.97. The highest BCUT2D eigenvalue weighted by Crippen LogP contribution is 2.04. The molecule has 3 heteroatoms. The number of aromatic nitrogens is 2. The van der Waals surface area contributed by atoms with Gasteiger partial charge in [0.1, 0.15) is 5.82 Å². The van der Waals surface area contributed by atoms with E-state index in [0.29, 0.717) is 12.5 Å². The summed E-state index contributed by atoms with van der Waals surface area (Å²) in [6.07, 6.45) is 2.77. The van der Waals surface area contributed by atoms with Crippen LogP contribution in [0.2, 0.25) is 0 Å². The molecule has 0 aromatic carbocycles. The number of rotatable bonds is 3. The number of hydrogen-bond acceptors (Lipinski definition) is 3. The van der Waals surface area contributed by atoms with Gasteiger partial charge in [-0.2, -0.15) is 0 Å². The number of nitrogens with two attached hydrogens (primary N) is 1. The van der Waals surface area contributed by atoms with Crippen LogP contribution in [0.3, 0.4) is 0 Å². The first-order valence-corrected chi connectivity index (χ1v) is 4.23. The van der Waals surface area contributed by atoms with E-state index in [0.717, 1.165) is 17.9 Å². The van der Waals surface area contributed by atoms with Gasteiger partial charge < -0.3 is 5.73 Å². The molecule has 1 rings (SSSR count). The van der Waals surface area contributed by atoms with E-state index in [1.807, 2.05) is 6.07 Å². The normalized spacial score (nSPS) is 10.7. The Hall–Kier alpha value is -0.960. The van der Waals surface area contributed by atoms with Crippen molar-refractivity contribution in [3.8, 4) is 0 Å². The van der Waals surface area contributed by atoms with Gasteiger partial charge in [0, 0.05) is 11.9 Å². The van der Waals surface area contributed by atoms with Crippen molar-refractivity contribution >= 4 is 0 Å². The van der Waals surface area contributed by atoms with E-state index in [9.17, 15) is 0 Å². The highest BCUT2D eigenvalue weighted by Gasteiger charge is 1.99. The Morgan fingerprint density at radius 2 is 2.25 bits per heavy atom. The topological polar surface area (TPSA) is 51.8 Å². The van der Waals surface area contributed by atoms with Crippen molar-refractivity contribution in [3.63, 3.8) is 0 Å². The van der Waals surface area contributed by atoms with Crippen molar-refractivity contribution in [2.75, 3.05) is 0 Å². The Kier molecular flexibility index (Phi) is 3.17. The van der Waals surface area contributed by atoms with Crippen LogP contribution in [0.4, 0.5) is 0 Å². The summed E-state index contributed by atoms with van der Waals surface area (Å²) >= 11 is 0. The minimum Gasteiger partial charge on any atom is -0.324 e. The lowest BCUT2D eigenvalue weighted by atomic mass is 10.1. The van der Waals surface area contributed by atoms with Gasteiger partial charge >= 0.3 is 0 Å². The van der Waals surface area contributed by atoms with Gasteiger partial charge in [-0.25, -0.2) is 9.97 Å². The molecule has 0 bridgehead atoms. The summed E-state index contributed by atoms with van der Waals surface area (Å²) < 4.78 is 0. The van der Waals surface area contributed by atoms with Gasteiger partial charge in [-0.3, -0.25) is 0 Å². The molecule has 1 aromatic rings. The molecule has 12 heavy (non-hydrogen) atoms. The summed E-state index contributed by atoms with van der Waals surface area (Å²) in [5, 5.41) is 0. The van der Waals surface area contributed by atoms with Crippen molar-refractivity contribution in [2.24, 2.45) is 11.7 Å². The van der Waals surface area contributed by atoms with E-state index >= 15 is 0 Å². The standard InChI is InChI=1S/C9H15N3/c1-7(2)5-8-3-4-11-9(6-10)12-8/h3-4,7H,5-6,10H2,1-2H3. The molecule has 1 heterocycles. The van der Waals surface area contributed by atoms with Crippen molar-refractivity contribution < 1.29 is 0 Å². The van der Waals surface area contributed by atoms with Gasteiger partial charge in [-0.15, -0.1) is 0 Å². The molecule has 0 atom stereocenters. The highest BCUT2D eigenvalue weighted by molar-refractivity contribution is 5.02. The van der Waals surface area contributed by atoms with Crippen LogP contribution >= 0.6 is 0 Å². The third-order valence-electron chi connectivity index (χ3n) is 1.56. The fourth-order valence-corrected chi connectivity index (χ4v) is 1.07. The average Bonchev–Trinajstić information content (AvgIpc) is 2.03. The largest absolute Gasteiger partial charge is 0.324 e. The first-order valence-electron chi connectivity index (χ1n) is 4.23. The molecule has 0 saturated heterocycles. The summed E-state index contributed by atoms with van der Waals surface area (Å²) in [4.78, 5) is 8.32. The van der Waals surface area contributed by atoms with Crippen molar-refractivity contribution in [2.45, 2.75) is 26.8 Å². The van der Waals surface area contributed by atoms with Crippen LogP contribution in [0.25, 0.3) is 0 Å². The zero-order valence-corrected chi connectivity index (χ0v) is 7.62. The Labute approximate surface area is 73.0 Å². The number of hydrogen-bond donors (Lipinski definition) is 1.